The third-order valence-electron chi connectivity index (χ3n) is 12.7. The summed E-state index contributed by atoms with van der Waals surface area (Å²) in [6.45, 7) is -2.08. The number of carbonyl (C=O) groups is 7. The standard InChI is InChI=1S/C61H60N6O26/c68-43-19-32(20-44(69)51(43)76)57(82)64-3-7-88-37-13-30(14-38(27-37)89-8-4-65-58(83)33-21-45(70)52(77)46(71)22-33)55(80)62-1-11-92-41-17-36(61(86)87)18-42(29-41)93-12-2-63-56(81)31-15-39(90-9-5-66-59(84)34-23-47(72)53(78)48(73)24-34)28-40(16-31)91-10-6-67-60(85)35-25-49(74)54(79)50(75)26-35/h13-29,68-79H,1-12H2,(H,62,80)(H,63,81)(H,64,82)(H,65,83)(H,66,84)(H,67,85)(H,86,87). The second-order valence-corrected chi connectivity index (χ2v) is 19.5. The molecule has 490 valence electrons. The molecule has 0 heterocycles. The summed E-state index contributed by atoms with van der Waals surface area (Å²) in [7, 11) is 0. The Balaban J connectivity index is 0.935. The number of nitrogens with one attached hydrogen (secondary N) is 6. The van der Waals surface area contributed by atoms with Crippen molar-refractivity contribution >= 4 is 41.4 Å². The molecule has 32 nitrogen and oxygen atoms in total. The first-order chi connectivity index (χ1) is 44.3. The van der Waals surface area contributed by atoms with E-state index in [1.807, 2.05) is 0 Å². The Labute approximate surface area is 524 Å². The molecular weight excluding hydrogens is 1230 g/mol. The van der Waals surface area contributed by atoms with Crippen molar-refractivity contribution in [2.75, 3.05) is 78.9 Å². The summed E-state index contributed by atoms with van der Waals surface area (Å²) in [5.41, 5.74) is -1.00. The molecule has 6 amide bonds. The molecule has 0 radical (unpaired) electrons. The minimum Gasteiger partial charge on any atom is -0.504 e. The Morgan fingerprint density at radius 1 is 0.237 bits per heavy atom. The molecule has 0 bridgehead atoms. The summed E-state index contributed by atoms with van der Waals surface area (Å²) in [5.74, 6) is -14.6. The minimum absolute atomic E-state index is 0.00727. The Hall–Kier alpha value is -12.8. The number of aromatic carboxylic acids is 1. The number of carboxylic acid groups (broad SMARTS) is 1. The summed E-state index contributed by atoms with van der Waals surface area (Å²) in [6.07, 6.45) is 0. The van der Waals surface area contributed by atoms with Crippen molar-refractivity contribution < 1.29 is 128 Å². The fraction of sp³-hybridized carbons (Fsp3) is 0.197. The van der Waals surface area contributed by atoms with Gasteiger partial charge in [0.15, 0.2) is 69.0 Å². The number of phenols is 12. The third kappa shape index (κ3) is 19.1. The first kappa shape index (κ1) is 67.7. The molecule has 19 N–H and O–H groups in total. The molecule has 0 aliphatic heterocycles. The van der Waals surface area contributed by atoms with E-state index in [1.54, 1.807) is 0 Å². The number of hydrogen-bond donors (Lipinski definition) is 19. The predicted molar refractivity (Wildman–Crippen MR) is 319 cm³/mol. The molecule has 0 fully saturated rings. The number of hydrogen-bond acceptors (Lipinski definition) is 25. The van der Waals surface area contributed by atoms with E-state index in [9.17, 15) is 99.9 Å². The fourth-order valence-electron chi connectivity index (χ4n) is 8.16. The first-order valence-corrected chi connectivity index (χ1v) is 27.5. The number of ether oxygens (including phenoxy) is 6. The number of carboxylic acids is 1. The van der Waals surface area contributed by atoms with E-state index in [1.165, 1.54) is 54.6 Å². The van der Waals surface area contributed by atoms with Crippen molar-refractivity contribution in [1.82, 2.24) is 31.9 Å². The van der Waals surface area contributed by atoms with E-state index in [4.69, 9.17) is 28.4 Å². The highest BCUT2D eigenvalue weighted by atomic mass is 16.5. The lowest BCUT2D eigenvalue weighted by Gasteiger charge is -2.14. The normalized spacial score (nSPS) is 10.7. The first-order valence-electron chi connectivity index (χ1n) is 27.5. The molecule has 0 saturated heterocycles. The van der Waals surface area contributed by atoms with Crippen LogP contribution in [0.2, 0.25) is 0 Å². The highest BCUT2D eigenvalue weighted by Crippen LogP contribution is 2.38. The molecule has 0 aromatic heterocycles. The second kappa shape index (κ2) is 31.4. The zero-order valence-electron chi connectivity index (χ0n) is 48.4. The fourth-order valence-corrected chi connectivity index (χ4v) is 8.16. The number of carbonyl (C=O) groups excluding carboxylic acids is 6. The maximum absolute atomic E-state index is 13.6. The lowest BCUT2D eigenvalue weighted by molar-refractivity contribution is 0.0694. The quantitative estimate of drug-likeness (QED) is 0.0219. The summed E-state index contributed by atoms with van der Waals surface area (Å²) in [5, 5.41) is 142. The molecule has 0 spiro atoms. The number of phenolic OH excluding ortho intramolecular Hbond substituents is 12. The maximum atomic E-state index is 13.6. The monoisotopic (exact) mass is 1290 g/mol. The van der Waals surface area contributed by atoms with Crippen LogP contribution in [-0.2, 0) is 0 Å². The molecular formula is C61H60N6O26. The van der Waals surface area contributed by atoms with Crippen molar-refractivity contribution in [3.63, 3.8) is 0 Å². The van der Waals surface area contributed by atoms with Crippen LogP contribution in [-0.4, -0.2) is 187 Å². The van der Waals surface area contributed by atoms with E-state index >= 15 is 0 Å². The van der Waals surface area contributed by atoms with Gasteiger partial charge in [0, 0.05) is 51.6 Å². The maximum Gasteiger partial charge on any atom is 0.335 e. The van der Waals surface area contributed by atoms with Gasteiger partial charge < -0.3 is 127 Å². The van der Waals surface area contributed by atoms with Crippen LogP contribution >= 0.6 is 0 Å². The van der Waals surface area contributed by atoms with Gasteiger partial charge in [-0.05, 0) is 84.9 Å². The Morgan fingerprint density at radius 3 is 0.548 bits per heavy atom. The van der Waals surface area contributed by atoms with E-state index in [-0.39, 0.29) is 152 Å². The van der Waals surface area contributed by atoms with Crippen LogP contribution in [0.4, 0.5) is 0 Å². The van der Waals surface area contributed by atoms with Crippen LogP contribution in [0.5, 0.6) is 103 Å². The van der Waals surface area contributed by atoms with Crippen molar-refractivity contribution in [2.45, 2.75) is 0 Å². The zero-order chi connectivity index (χ0) is 67.5. The van der Waals surface area contributed by atoms with Crippen LogP contribution in [0.25, 0.3) is 0 Å². The van der Waals surface area contributed by atoms with E-state index < -0.39 is 110 Å². The van der Waals surface area contributed by atoms with Gasteiger partial charge in [-0.15, -0.1) is 0 Å². The highest BCUT2D eigenvalue weighted by molar-refractivity contribution is 5.98. The molecule has 0 unspecified atom stereocenters. The van der Waals surface area contributed by atoms with Gasteiger partial charge in [-0.3, -0.25) is 28.8 Å². The average molecular weight is 1290 g/mol. The van der Waals surface area contributed by atoms with Gasteiger partial charge in [-0.1, -0.05) is 0 Å². The van der Waals surface area contributed by atoms with Crippen LogP contribution in [0.3, 0.4) is 0 Å². The van der Waals surface area contributed by atoms with E-state index in [0.29, 0.717) is 0 Å². The van der Waals surface area contributed by atoms with Gasteiger partial charge in [0.2, 0.25) is 0 Å². The molecule has 93 heavy (non-hydrogen) atoms. The number of benzene rings is 7. The van der Waals surface area contributed by atoms with Crippen molar-refractivity contribution in [3.8, 4) is 103 Å². The lowest BCUT2D eigenvalue weighted by Crippen LogP contribution is -2.29. The van der Waals surface area contributed by atoms with Gasteiger partial charge in [0.05, 0.1) is 44.8 Å². The number of amides is 6. The van der Waals surface area contributed by atoms with E-state index in [2.05, 4.69) is 31.9 Å². The zero-order valence-corrected chi connectivity index (χ0v) is 48.4. The highest BCUT2D eigenvalue weighted by Gasteiger charge is 2.20. The molecule has 7 rings (SSSR count). The molecule has 0 aliphatic carbocycles. The average Bonchev–Trinajstić information content (AvgIpc) is 2.87. The number of aromatic hydroxyl groups is 12. The molecule has 0 atom stereocenters. The largest absolute Gasteiger partial charge is 0.504 e. The predicted octanol–water partition coefficient (Wildman–Crippen LogP) is 2.70. The van der Waals surface area contributed by atoms with Crippen molar-refractivity contribution in [1.29, 1.82) is 0 Å². The molecule has 0 saturated carbocycles. The van der Waals surface area contributed by atoms with Crippen LogP contribution in [0.15, 0.2) is 103 Å². The van der Waals surface area contributed by atoms with Crippen LogP contribution < -0.4 is 60.3 Å². The third-order valence-corrected chi connectivity index (χ3v) is 12.7. The SMILES string of the molecule is O=C(O)c1cc(OCCNC(=O)c2cc(OCCNC(=O)c3cc(O)c(O)c(O)c3)cc(OCCNC(=O)c3cc(O)c(O)c(O)c3)c2)cc(OCCNC(=O)c2cc(OCCNC(=O)c3cc(O)c(O)c(O)c3)cc(OCCNC(=O)c3cc(O)c(O)c(O)c3)c2)c1. The van der Waals surface area contributed by atoms with Gasteiger partial charge in [-0.25, -0.2) is 4.79 Å². The van der Waals surface area contributed by atoms with E-state index in [0.717, 1.165) is 48.5 Å². The molecule has 7 aromatic rings. The summed E-state index contributed by atoms with van der Waals surface area (Å²) >= 11 is 0. The summed E-state index contributed by atoms with van der Waals surface area (Å²) < 4.78 is 34.7. The lowest BCUT2D eigenvalue weighted by atomic mass is 10.1. The Morgan fingerprint density at radius 2 is 0.387 bits per heavy atom. The summed E-state index contributed by atoms with van der Waals surface area (Å²) in [4.78, 5) is 89.9. The molecule has 32 heteroatoms. The number of rotatable bonds is 31. The smallest absolute Gasteiger partial charge is 0.335 e. The topological polar surface area (TPSA) is 510 Å². The Bertz CT molecular complexity index is 3430. The summed E-state index contributed by atoms with van der Waals surface area (Å²) in [6, 6.07) is 19.3. The van der Waals surface area contributed by atoms with Crippen LogP contribution in [0, 0.1) is 0 Å². The van der Waals surface area contributed by atoms with Gasteiger partial charge in [0.25, 0.3) is 35.4 Å². The molecule has 0 aliphatic rings. The van der Waals surface area contributed by atoms with Gasteiger partial charge >= 0.3 is 5.97 Å². The second-order valence-electron chi connectivity index (χ2n) is 19.5. The Kier molecular flexibility index (Phi) is 22.9. The molecule has 7 aromatic carbocycles. The van der Waals surface area contributed by atoms with Crippen molar-refractivity contribution in [3.05, 3.63) is 142 Å². The minimum atomic E-state index is -1.35. The van der Waals surface area contributed by atoms with Crippen molar-refractivity contribution in [2.24, 2.45) is 0 Å². The van der Waals surface area contributed by atoms with Gasteiger partial charge in [-0.2, -0.15) is 0 Å². The van der Waals surface area contributed by atoms with Gasteiger partial charge in [0.1, 0.15) is 74.1 Å². The van der Waals surface area contributed by atoms with Crippen LogP contribution in [0.1, 0.15) is 72.5 Å².